The summed E-state index contributed by atoms with van der Waals surface area (Å²) in [6, 6.07) is 6.27. The smallest absolute Gasteiger partial charge is 0.0674 e. The molecule has 0 radical (unpaired) electrons. The van der Waals surface area contributed by atoms with Crippen molar-refractivity contribution in [3.63, 3.8) is 0 Å². The molecule has 1 aromatic rings. The van der Waals surface area contributed by atoms with Gasteiger partial charge in [-0.2, -0.15) is 0 Å². The number of rotatable bonds is 2. The van der Waals surface area contributed by atoms with Crippen molar-refractivity contribution in [3.8, 4) is 0 Å². The van der Waals surface area contributed by atoms with Crippen LogP contribution in [0.1, 0.15) is 18.9 Å². The van der Waals surface area contributed by atoms with Gasteiger partial charge < -0.3 is 10.5 Å². The zero-order valence-electron chi connectivity index (χ0n) is 10.2. The summed E-state index contributed by atoms with van der Waals surface area (Å²) < 4.78 is 6.86. The lowest BCUT2D eigenvalue weighted by molar-refractivity contribution is 0.0668. The molecule has 1 heterocycles. The zero-order chi connectivity index (χ0) is 12.3. The van der Waals surface area contributed by atoms with E-state index in [9.17, 15) is 0 Å². The molecule has 4 heteroatoms. The van der Waals surface area contributed by atoms with E-state index in [4.69, 9.17) is 10.5 Å². The van der Waals surface area contributed by atoms with E-state index >= 15 is 0 Å². The van der Waals surface area contributed by atoms with Crippen molar-refractivity contribution in [1.82, 2.24) is 4.90 Å². The van der Waals surface area contributed by atoms with Gasteiger partial charge in [-0.05, 0) is 59.7 Å². The molecular weight excluding hydrogens is 327 g/mol. The molecular formula is C13H19IN2O. The number of hydrogen-bond acceptors (Lipinski definition) is 3. The fourth-order valence-electron chi connectivity index (χ4n) is 2.25. The molecule has 1 aliphatic rings. The highest BCUT2D eigenvalue weighted by atomic mass is 127. The van der Waals surface area contributed by atoms with Crippen molar-refractivity contribution in [1.29, 1.82) is 0 Å². The van der Waals surface area contributed by atoms with Gasteiger partial charge in [0.15, 0.2) is 0 Å². The van der Waals surface area contributed by atoms with Gasteiger partial charge in [-0.15, -0.1) is 0 Å². The number of ether oxygens (including phenoxy) is 1. The van der Waals surface area contributed by atoms with E-state index < -0.39 is 0 Å². The third-order valence-corrected chi connectivity index (χ3v) is 3.55. The van der Waals surface area contributed by atoms with Crippen LogP contribution in [0.25, 0.3) is 0 Å². The molecule has 3 nitrogen and oxygen atoms in total. The molecule has 0 bridgehead atoms. The Labute approximate surface area is 116 Å². The number of hydrogen-bond donors (Lipinski definition) is 1. The van der Waals surface area contributed by atoms with Crippen LogP contribution in [0, 0.1) is 3.57 Å². The largest absolute Gasteiger partial charge is 0.399 e. The highest BCUT2D eigenvalue weighted by molar-refractivity contribution is 14.1. The highest BCUT2D eigenvalue weighted by Gasteiger charge is 2.15. The Morgan fingerprint density at radius 3 is 3.06 bits per heavy atom. The molecule has 2 N–H and O–H groups in total. The normalized spacial score (nSPS) is 22.4. The summed E-state index contributed by atoms with van der Waals surface area (Å²) in [5.74, 6) is 0. The number of halogens is 1. The van der Waals surface area contributed by atoms with Crippen LogP contribution in [0.4, 0.5) is 5.69 Å². The quantitative estimate of drug-likeness (QED) is 0.661. The summed E-state index contributed by atoms with van der Waals surface area (Å²) in [5, 5.41) is 0. The molecule has 1 fully saturated rings. The molecule has 17 heavy (non-hydrogen) atoms. The third-order valence-electron chi connectivity index (χ3n) is 2.92. The summed E-state index contributed by atoms with van der Waals surface area (Å²) >= 11 is 2.31. The van der Waals surface area contributed by atoms with Crippen LogP contribution in [0.2, 0.25) is 0 Å². The Bertz CT molecular complexity index is 363. The SMILES string of the molecule is CC1CN(Cc2cc(N)cc(I)c2)CCCO1. The molecule has 1 saturated heterocycles. The minimum absolute atomic E-state index is 0.331. The summed E-state index contributed by atoms with van der Waals surface area (Å²) in [6.45, 7) is 6.10. The van der Waals surface area contributed by atoms with Crippen LogP contribution in [0.15, 0.2) is 18.2 Å². The molecule has 0 amide bonds. The first kappa shape index (κ1) is 13.1. The third kappa shape index (κ3) is 4.12. The van der Waals surface area contributed by atoms with Crippen LogP contribution >= 0.6 is 22.6 Å². The fourth-order valence-corrected chi connectivity index (χ4v) is 3.01. The minimum Gasteiger partial charge on any atom is -0.399 e. The molecule has 94 valence electrons. The van der Waals surface area contributed by atoms with E-state index in [1.165, 1.54) is 9.13 Å². The van der Waals surface area contributed by atoms with Gasteiger partial charge >= 0.3 is 0 Å². The van der Waals surface area contributed by atoms with Crippen molar-refractivity contribution in [2.24, 2.45) is 0 Å². The predicted octanol–water partition coefficient (Wildman–Crippen LogP) is 2.48. The summed E-state index contributed by atoms with van der Waals surface area (Å²) in [4.78, 5) is 2.45. The van der Waals surface area contributed by atoms with Gasteiger partial charge in [0.05, 0.1) is 6.10 Å². The maximum atomic E-state index is 5.87. The van der Waals surface area contributed by atoms with Crippen LogP contribution < -0.4 is 5.73 Å². The van der Waals surface area contributed by atoms with Gasteiger partial charge in [-0.1, -0.05) is 0 Å². The average Bonchev–Trinajstić information content (AvgIpc) is 2.41. The molecule has 0 saturated carbocycles. The lowest BCUT2D eigenvalue weighted by Crippen LogP contribution is -2.29. The molecule has 1 atom stereocenters. The van der Waals surface area contributed by atoms with Gasteiger partial charge in [0, 0.05) is 35.5 Å². The van der Waals surface area contributed by atoms with Gasteiger partial charge in [0.25, 0.3) is 0 Å². The van der Waals surface area contributed by atoms with Gasteiger partial charge in [0.2, 0.25) is 0 Å². The maximum Gasteiger partial charge on any atom is 0.0674 e. The van der Waals surface area contributed by atoms with Crippen molar-refractivity contribution in [2.75, 3.05) is 25.4 Å². The van der Waals surface area contributed by atoms with Crippen molar-refractivity contribution in [2.45, 2.75) is 26.0 Å². The Hall–Kier alpha value is -0.330. The van der Waals surface area contributed by atoms with E-state index in [0.717, 1.165) is 38.3 Å². The number of anilines is 1. The second kappa shape index (κ2) is 6.02. The second-order valence-electron chi connectivity index (χ2n) is 4.66. The number of benzene rings is 1. The Morgan fingerprint density at radius 2 is 2.29 bits per heavy atom. The second-order valence-corrected chi connectivity index (χ2v) is 5.91. The fraction of sp³-hybridized carbons (Fsp3) is 0.538. The van der Waals surface area contributed by atoms with Gasteiger partial charge in [-0.3, -0.25) is 4.90 Å². The molecule has 0 aliphatic carbocycles. The molecule has 1 unspecified atom stereocenters. The summed E-state index contributed by atoms with van der Waals surface area (Å²) in [6.07, 6.45) is 1.45. The average molecular weight is 346 g/mol. The molecule has 1 aliphatic heterocycles. The summed E-state index contributed by atoms with van der Waals surface area (Å²) in [7, 11) is 0. The van der Waals surface area contributed by atoms with E-state index in [2.05, 4.69) is 46.5 Å². The van der Waals surface area contributed by atoms with Gasteiger partial charge in [0.1, 0.15) is 0 Å². The van der Waals surface area contributed by atoms with Crippen LogP contribution in [-0.4, -0.2) is 30.7 Å². The first-order valence-electron chi connectivity index (χ1n) is 6.02. The van der Waals surface area contributed by atoms with Crippen molar-refractivity contribution < 1.29 is 4.74 Å². The molecule has 1 aromatic carbocycles. The highest BCUT2D eigenvalue weighted by Crippen LogP contribution is 2.17. The monoisotopic (exact) mass is 346 g/mol. The first-order chi connectivity index (χ1) is 8.13. The van der Waals surface area contributed by atoms with E-state index in [1.807, 2.05) is 6.07 Å². The minimum atomic E-state index is 0.331. The zero-order valence-corrected chi connectivity index (χ0v) is 12.3. The molecule has 0 spiro atoms. The van der Waals surface area contributed by atoms with E-state index in [-0.39, 0.29) is 0 Å². The Morgan fingerprint density at radius 1 is 1.47 bits per heavy atom. The van der Waals surface area contributed by atoms with Gasteiger partial charge in [-0.25, -0.2) is 0 Å². The van der Waals surface area contributed by atoms with Crippen molar-refractivity contribution >= 4 is 28.3 Å². The first-order valence-corrected chi connectivity index (χ1v) is 7.10. The standard InChI is InChI=1S/C13H19IN2O/c1-10-8-16(3-2-4-17-10)9-11-5-12(14)7-13(15)6-11/h5-7,10H,2-4,8-9,15H2,1H3. The lowest BCUT2D eigenvalue weighted by Gasteiger charge is -2.22. The lowest BCUT2D eigenvalue weighted by atomic mass is 10.2. The predicted molar refractivity (Wildman–Crippen MR) is 78.9 cm³/mol. The number of nitrogen functional groups attached to an aromatic ring is 1. The van der Waals surface area contributed by atoms with E-state index in [1.54, 1.807) is 0 Å². The van der Waals surface area contributed by atoms with Crippen LogP contribution in [-0.2, 0) is 11.3 Å². The Balaban J connectivity index is 2.03. The van der Waals surface area contributed by atoms with Crippen LogP contribution in [0.5, 0.6) is 0 Å². The van der Waals surface area contributed by atoms with E-state index in [0.29, 0.717) is 6.10 Å². The molecule has 2 rings (SSSR count). The summed E-state index contributed by atoms with van der Waals surface area (Å²) in [5.41, 5.74) is 8.02. The van der Waals surface area contributed by atoms with Crippen molar-refractivity contribution in [3.05, 3.63) is 27.3 Å². The number of nitrogens with two attached hydrogens (primary N) is 1. The van der Waals surface area contributed by atoms with Crippen LogP contribution in [0.3, 0.4) is 0 Å². The Kier molecular flexibility index (Phi) is 4.64. The maximum absolute atomic E-state index is 5.87. The topological polar surface area (TPSA) is 38.5 Å². The molecule has 0 aromatic heterocycles. The number of nitrogens with zero attached hydrogens (tertiary/aromatic N) is 1.